The Morgan fingerprint density at radius 2 is 2.33 bits per heavy atom. The lowest BCUT2D eigenvalue weighted by atomic mass is 9.96. The molecule has 1 aromatic carbocycles. The zero-order chi connectivity index (χ0) is 13.0. The van der Waals surface area contributed by atoms with E-state index in [1.165, 1.54) is 17.7 Å². The molecule has 0 spiro atoms. The van der Waals surface area contributed by atoms with Gasteiger partial charge in [0.2, 0.25) is 0 Å². The van der Waals surface area contributed by atoms with Crippen LogP contribution in [0.4, 0.5) is 0 Å². The number of rotatable bonds is 4. The first-order chi connectivity index (χ1) is 8.65. The van der Waals surface area contributed by atoms with E-state index in [0.29, 0.717) is 12.5 Å². The van der Waals surface area contributed by atoms with E-state index in [2.05, 4.69) is 24.0 Å². The minimum Gasteiger partial charge on any atom is -0.492 e. The normalized spacial score (nSPS) is 21.3. The fourth-order valence-electron chi connectivity index (χ4n) is 2.05. The molecule has 0 amide bonds. The molecule has 0 bridgehead atoms. The van der Waals surface area contributed by atoms with E-state index in [9.17, 15) is 0 Å². The molecule has 2 N–H and O–H groups in total. The summed E-state index contributed by atoms with van der Waals surface area (Å²) in [6.45, 7) is 5.69. The van der Waals surface area contributed by atoms with Crippen LogP contribution >= 0.6 is 0 Å². The van der Waals surface area contributed by atoms with Crippen LogP contribution in [0.1, 0.15) is 32.3 Å². The molecular weight excluding hydrogens is 224 g/mol. The summed E-state index contributed by atoms with van der Waals surface area (Å²) in [5, 5.41) is 0. The molecule has 0 fully saturated rings. The fourth-order valence-corrected chi connectivity index (χ4v) is 2.05. The van der Waals surface area contributed by atoms with Gasteiger partial charge in [-0.2, -0.15) is 0 Å². The van der Waals surface area contributed by atoms with Gasteiger partial charge in [0.15, 0.2) is 0 Å². The molecule has 2 atom stereocenters. The predicted molar refractivity (Wildman–Crippen MR) is 75.4 cm³/mol. The Labute approximate surface area is 109 Å². The molecule has 1 aliphatic rings. The van der Waals surface area contributed by atoms with Gasteiger partial charge in [0.1, 0.15) is 12.4 Å². The van der Waals surface area contributed by atoms with Crippen molar-refractivity contribution < 1.29 is 4.74 Å². The van der Waals surface area contributed by atoms with Crippen molar-refractivity contribution in [3.8, 4) is 5.75 Å². The van der Waals surface area contributed by atoms with Crippen LogP contribution < -0.4 is 10.5 Å². The molecule has 0 aliphatic carbocycles. The molecular formula is C15H22N2O. The Bertz CT molecular complexity index is 426. The third-order valence-corrected chi connectivity index (χ3v) is 3.15. The maximum absolute atomic E-state index is 5.69. The molecule has 0 aromatic heterocycles. The van der Waals surface area contributed by atoms with Crippen molar-refractivity contribution in [3.63, 3.8) is 0 Å². The molecule has 1 unspecified atom stereocenters. The van der Waals surface area contributed by atoms with E-state index in [1.807, 2.05) is 19.1 Å². The smallest absolute Gasteiger partial charge is 0.120 e. The van der Waals surface area contributed by atoms with Gasteiger partial charge in [-0.3, -0.25) is 4.99 Å². The maximum atomic E-state index is 5.69. The van der Waals surface area contributed by atoms with Crippen LogP contribution in [0.3, 0.4) is 0 Å². The highest BCUT2D eigenvalue weighted by Crippen LogP contribution is 2.21. The lowest BCUT2D eigenvalue weighted by Gasteiger charge is -2.18. The molecule has 1 aromatic rings. The zero-order valence-electron chi connectivity index (χ0n) is 11.2. The molecule has 0 radical (unpaired) electrons. The van der Waals surface area contributed by atoms with Crippen molar-refractivity contribution >= 4 is 5.71 Å². The van der Waals surface area contributed by atoms with Crippen molar-refractivity contribution in [2.45, 2.75) is 32.7 Å². The van der Waals surface area contributed by atoms with Crippen molar-refractivity contribution in [2.24, 2.45) is 16.6 Å². The van der Waals surface area contributed by atoms with E-state index in [4.69, 9.17) is 10.5 Å². The molecule has 3 nitrogen and oxygen atoms in total. The number of hydrogen-bond acceptors (Lipinski definition) is 3. The number of ether oxygens (including phenoxy) is 1. The summed E-state index contributed by atoms with van der Waals surface area (Å²) in [5.74, 6) is 1.59. The highest BCUT2D eigenvalue weighted by molar-refractivity contribution is 6.01. The van der Waals surface area contributed by atoms with Crippen LogP contribution in [-0.4, -0.2) is 24.9 Å². The van der Waals surface area contributed by atoms with Crippen LogP contribution in [0.2, 0.25) is 0 Å². The molecule has 2 rings (SSSR count). The Kier molecular flexibility index (Phi) is 4.37. The van der Waals surface area contributed by atoms with Crippen LogP contribution in [0.15, 0.2) is 29.3 Å². The number of aliphatic imine (C=N–C) groups is 1. The van der Waals surface area contributed by atoms with Crippen LogP contribution in [-0.2, 0) is 0 Å². The third kappa shape index (κ3) is 3.57. The Hall–Kier alpha value is -1.35. The minimum atomic E-state index is 0.0570. The van der Waals surface area contributed by atoms with E-state index in [1.54, 1.807) is 0 Å². The van der Waals surface area contributed by atoms with Crippen molar-refractivity contribution in [1.82, 2.24) is 0 Å². The van der Waals surface area contributed by atoms with Gasteiger partial charge < -0.3 is 10.5 Å². The van der Waals surface area contributed by atoms with Gasteiger partial charge in [-0.1, -0.05) is 19.1 Å². The molecule has 0 saturated carbocycles. The average molecular weight is 246 g/mol. The van der Waals surface area contributed by atoms with Crippen LogP contribution in [0, 0.1) is 5.92 Å². The lowest BCUT2D eigenvalue weighted by Crippen LogP contribution is -2.23. The molecule has 0 saturated heterocycles. The summed E-state index contributed by atoms with van der Waals surface area (Å²) in [6, 6.07) is 8.22. The second-order valence-electron chi connectivity index (χ2n) is 5.25. The van der Waals surface area contributed by atoms with Crippen LogP contribution in [0.25, 0.3) is 0 Å². The van der Waals surface area contributed by atoms with Gasteiger partial charge in [0.05, 0.1) is 0 Å². The Morgan fingerprint density at radius 1 is 1.50 bits per heavy atom. The summed E-state index contributed by atoms with van der Waals surface area (Å²) < 4.78 is 5.64. The molecule has 3 heteroatoms. The second kappa shape index (κ2) is 6.01. The zero-order valence-corrected chi connectivity index (χ0v) is 11.2. The van der Waals surface area contributed by atoms with Crippen molar-refractivity contribution in [3.05, 3.63) is 29.8 Å². The SMILES string of the molecule is CC(N)COc1cccc(C2=NC[C@@H](C)CC2)c1. The van der Waals surface area contributed by atoms with Crippen LogP contribution in [0.5, 0.6) is 5.75 Å². The Morgan fingerprint density at radius 3 is 3.00 bits per heavy atom. The van der Waals surface area contributed by atoms with Gasteiger partial charge >= 0.3 is 0 Å². The minimum absolute atomic E-state index is 0.0570. The van der Waals surface area contributed by atoms with E-state index in [0.717, 1.165) is 18.7 Å². The first-order valence-corrected chi connectivity index (χ1v) is 6.67. The highest BCUT2D eigenvalue weighted by Gasteiger charge is 2.13. The summed E-state index contributed by atoms with van der Waals surface area (Å²) in [7, 11) is 0. The molecule has 1 aliphatic heterocycles. The summed E-state index contributed by atoms with van der Waals surface area (Å²) >= 11 is 0. The first kappa shape index (κ1) is 13.1. The second-order valence-corrected chi connectivity index (χ2v) is 5.25. The number of nitrogens with two attached hydrogens (primary N) is 1. The molecule has 98 valence electrons. The highest BCUT2D eigenvalue weighted by atomic mass is 16.5. The number of nitrogens with zero attached hydrogens (tertiary/aromatic N) is 1. The molecule has 18 heavy (non-hydrogen) atoms. The van der Waals surface area contributed by atoms with Gasteiger partial charge in [0.25, 0.3) is 0 Å². The summed E-state index contributed by atoms with van der Waals surface area (Å²) in [6.07, 6.45) is 2.29. The monoisotopic (exact) mass is 246 g/mol. The standard InChI is InChI=1S/C15H22N2O/c1-11-6-7-15(17-9-11)13-4-3-5-14(8-13)18-10-12(2)16/h3-5,8,11-12H,6-7,9-10,16H2,1-2H3/t11-,12?/m0/s1. The summed E-state index contributed by atoms with van der Waals surface area (Å²) in [4.78, 5) is 4.65. The van der Waals surface area contributed by atoms with E-state index in [-0.39, 0.29) is 6.04 Å². The quantitative estimate of drug-likeness (QED) is 0.887. The fraction of sp³-hybridized carbons (Fsp3) is 0.533. The molecule has 1 heterocycles. The predicted octanol–water partition coefficient (Wildman–Crippen LogP) is 2.63. The third-order valence-electron chi connectivity index (χ3n) is 3.15. The van der Waals surface area contributed by atoms with Gasteiger partial charge in [-0.25, -0.2) is 0 Å². The van der Waals surface area contributed by atoms with Gasteiger partial charge in [0, 0.05) is 18.3 Å². The van der Waals surface area contributed by atoms with Crippen molar-refractivity contribution in [2.75, 3.05) is 13.2 Å². The summed E-state index contributed by atoms with van der Waals surface area (Å²) in [5.41, 5.74) is 8.08. The number of benzene rings is 1. The Balaban J connectivity index is 2.07. The largest absolute Gasteiger partial charge is 0.492 e. The van der Waals surface area contributed by atoms with E-state index < -0.39 is 0 Å². The average Bonchev–Trinajstić information content (AvgIpc) is 2.37. The lowest BCUT2D eigenvalue weighted by molar-refractivity contribution is 0.296. The van der Waals surface area contributed by atoms with Gasteiger partial charge in [-0.05, 0) is 43.4 Å². The van der Waals surface area contributed by atoms with Crippen molar-refractivity contribution in [1.29, 1.82) is 0 Å². The van der Waals surface area contributed by atoms with Gasteiger partial charge in [-0.15, -0.1) is 0 Å². The first-order valence-electron chi connectivity index (χ1n) is 6.67. The maximum Gasteiger partial charge on any atom is 0.120 e. The topological polar surface area (TPSA) is 47.6 Å². The number of hydrogen-bond donors (Lipinski definition) is 1. The van der Waals surface area contributed by atoms with E-state index >= 15 is 0 Å².